The Kier molecular flexibility index (Phi) is 9.45. The summed E-state index contributed by atoms with van der Waals surface area (Å²) in [6.07, 6.45) is -5.42. The smallest absolute Gasteiger partial charge is 0.430 e. The second kappa shape index (κ2) is 12.8. The van der Waals surface area contributed by atoms with Gasteiger partial charge in [0.15, 0.2) is 0 Å². The van der Waals surface area contributed by atoms with Gasteiger partial charge in [0.25, 0.3) is 11.7 Å². The highest BCUT2D eigenvalue weighted by Gasteiger charge is 2.49. The van der Waals surface area contributed by atoms with Crippen molar-refractivity contribution in [2.24, 2.45) is 10.9 Å². The molecule has 1 unspecified atom stereocenters. The number of anilines is 1. The zero-order chi connectivity index (χ0) is 30.2. The van der Waals surface area contributed by atoms with Crippen molar-refractivity contribution in [3.63, 3.8) is 0 Å². The fraction of sp³-hybridized carbons (Fsp3) is 0.179. The molecule has 1 heterocycles. The van der Waals surface area contributed by atoms with Gasteiger partial charge >= 0.3 is 12.1 Å². The summed E-state index contributed by atoms with van der Waals surface area (Å²) in [6, 6.07) is 24.4. The number of carboxylic acids is 1. The van der Waals surface area contributed by atoms with E-state index in [-0.39, 0.29) is 18.7 Å². The van der Waals surface area contributed by atoms with E-state index in [1.807, 2.05) is 48.5 Å². The molecule has 1 aliphatic rings. The summed E-state index contributed by atoms with van der Waals surface area (Å²) in [5.74, 6) is -3.92. The van der Waals surface area contributed by atoms with E-state index in [2.05, 4.69) is 10.5 Å². The van der Waals surface area contributed by atoms with Crippen LogP contribution < -0.4 is 21.6 Å². The Balaban J connectivity index is 0.000000587. The summed E-state index contributed by atoms with van der Waals surface area (Å²) in [7, 11) is 1.26. The number of carboxylic acid groups (broad SMARTS) is 1. The van der Waals surface area contributed by atoms with E-state index in [4.69, 9.17) is 30.6 Å². The highest BCUT2D eigenvalue weighted by Crippen LogP contribution is 2.33. The number of carbonyl (C=O) groups excluding carboxylic acids is 3. The van der Waals surface area contributed by atoms with Crippen molar-refractivity contribution in [3.8, 4) is 11.1 Å². The molecule has 0 aliphatic carbocycles. The zero-order valence-corrected chi connectivity index (χ0v) is 21.6. The van der Waals surface area contributed by atoms with E-state index in [0.29, 0.717) is 22.5 Å². The van der Waals surface area contributed by atoms with Crippen molar-refractivity contribution in [2.45, 2.75) is 24.6 Å². The lowest BCUT2D eigenvalue weighted by Crippen LogP contribution is -2.46. The summed E-state index contributed by atoms with van der Waals surface area (Å²) in [4.78, 5) is 39.9. The third-order valence-electron chi connectivity index (χ3n) is 5.87. The third-order valence-corrected chi connectivity index (χ3v) is 5.87. The van der Waals surface area contributed by atoms with Crippen molar-refractivity contribution >= 4 is 35.1 Å². The van der Waals surface area contributed by atoms with Crippen LogP contribution in [-0.4, -0.2) is 48.3 Å². The summed E-state index contributed by atoms with van der Waals surface area (Å²) in [5.41, 5.74) is 8.63. The molecule has 0 radical (unpaired) electrons. The number of nitrogens with two attached hydrogens (primary N) is 2. The minimum atomic E-state index is -5.19. The average Bonchev–Trinajstić information content (AvgIpc) is 3.39. The van der Waals surface area contributed by atoms with Gasteiger partial charge in [0.2, 0.25) is 5.60 Å². The van der Waals surface area contributed by atoms with Gasteiger partial charge in [-0.3, -0.25) is 20.7 Å². The molecule has 13 heteroatoms. The van der Waals surface area contributed by atoms with Crippen LogP contribution in [0.5, 0.6) is 0 Å². The van der Waals surface area contributed by atoms with Crippen LogP contribution >= 0.6 is 0 Å². The van der Waals surface area contributed by atoms with Crippen LogP contribution in [-0.2, 0) is 24.0 Å². The Bertz CT molecular complexity index is 1460. The maximum Gasteiger partial charge on any atom is 0.430 e. The molecule has 3 aromatic carbocycles. The number of halogens is 3. The number of nitrogens with one attached hydrogen (secondary N) is 1. The van der Waals surface area contributed by atoms with Crippen LogP contribution in [0.3, 0.4) is 0 Å². The monoisotopic (exact) mass is 570 g/mol. The van der Waals surface area contributed by atoms with E-state index >= 15 is 0 Å². The molecular weight excluding hydrogens is 545 g/mol. The summed E-state index contributed by atoms with van der Waals surface area (Å²) in [5, 5.41) is 21.4. The highest BCUT2D eigenvalue weighted by molar-refractivity contribution is 6.10. The van der Waals surface area contributed by atoms with E-state index < -0.39 is 29.6 Å². The topological polar surface area (TPSA) is 169 Å². The Morgan fingerprint density at radius 2 is 1.61 bits per heavy atom. The van der Waals surface area contributed by atoms with Crippen molar-refractivity contribution < 1.29 is 47.6 Å². The fourth-order valence-corrected chi connectivity index (χ4v) is 3.73. The van der Waals surface area contributed by atoms with Crippen LogP contribution in [0.25, 0.3) is 11.1 Å². The molecule has 41 heavy (non-hydrogen) atoms. The first-order chi connectivity index (χ1) is 19.3. The van der Waals surface area contributed by atoms with Gasteiger partial charge in [-0.05, 0) is 35.4 Å². The molecule has 4 rings (SSSR count). The lowest BCUT2D eigenvalue weighted by molar-refractivity contribution is -0.344. The van der Waals surface area contributed by atoms with Gasteiger partial charge in [-0.15, -0.1) is 0 Å². The molecule has 0 aromatic heterocycles. The number of esters is 1. The molecule has 1 amide bonds. The van der Waals surface area contributed by atoms with Crippen molar-refractivity contribution in [3.05, 3.63) is 90.0 Å². The number of rotatable bonds is 7. The lowest BCUT2D eigenvalue weighted by Gasteiger charge is -2.24. The van der Waals surface area contributed by atoms with Crippen molar-refractivity contribution in [1.82, 2.24) is 0 Å². The Hall–Kier alpha value is -5.20. The van der Waals surface area contributed by atoms with Crippen molar-refractivity contribution in [1.29, 1.82) is 0 Å². The maximum atomic E-state index is 13.3. The lowest BCUT2D eigenvalue weighted by atomic mass is 9.89. The quantitative estimate of drug-likeness (QED) is 0.218. The minimum absolute atomic E-state index is 0.0734. The van der Waals surface area contributed by atoms with Crippen LogP contribution in [0, 0.1) is 0 Å². The number of ether oxygens (including phenoxy) is 1. The second-order valence-electron chi connectivity index (χ2n) is 8.77. The van der Waals surface area contributed by atoms with Gasteiger partial charge in [0.1, 0.15) is 5.97 Å². The van der Waals surface area contributed by atoms with Crippen LogP contribution in [0.15, 0.2) is 84.0 Å². The molecule has 0 fully saturated rings. The number of methoxy groups -OCH3 is 1. The van der Waals surface area contributed by atoms with Gasteiger partial charge in [-0.2, -0.15) is 13.2 Å². The average molecular weight is 571 g/mol. The first-order valence-electron chi connectivity index (χ1n) is 11.9. The van der Waals surface area contributed by atoms with Crippen LogP contribution in [0.1, 0.15) is 24.0 Å². The molecule has 1 aliphatic heterocycles. The predicted molar refractivity (Wildman–Crippen MR) is 140 cm³/mol. The van der Waals surface area contributed by atoms with E-state index in [9.17, 15) is 22.8 Å². The number of nitrogens with zero attached hydrogens (tertiary/aromatic N) is 1. The first-order valence-corrected chi connectivity index (χ1v) is 11.9. The van der Waals surface area contributed by atoms with E-state index in [0.717, 1.165) is 11.1 Å². The molecule has 214 valence electrons. The number of amidine groups is 1. The number of alkyl halides is 3. The summed E-state index contributed by atoms with van der Waals surface area (Å²) < 4.78 is 36.4. The first kappa shape index (κ1) is 30.3. The van der Waals surface area contributed by atoms with Gasteiger partial charge in [0.05, 0.1) is 24.8 Å². The number of aliphatic carboxylic acids is 1. The number of benzene rings is 3. The molecule has 0 saturated heterocycles. The molecular formula is C28H25F3N4O6. The largest absolute Gasteiger partial charge is 0.542 e. The molecule has 1 atom stereocenters. The van der Waals surface area contributed by atoms with Gasteiger partial charge in [-0.1, -0.05) is 59.8 Å². The SMILES string of the molecule is COC(=O)CC1(C(=O)Nc2ccc(-c3ccccc3)cc2)CC(c2cccc(C(N)=[NH2+])c2)=NO1.O=C([O-])C(F)(F)F. The molecule has 10 nitrogen and oxygen atoms in total. The number of carbonyl (C=O) groups is 3. The van der Waals surface area contributed by atoms with Crippen LogP contribution in [0.2, 0.25) is 0 Å². The van der Waals surface area contributed by atoms with Crippen LogP contribution in [0.4, 0.5) is 18.9 Å². The summed E-state index contributed by atoms with van der Waals surface area (Å²) >= 11 is 0. The zero-order valence-electron chi connectivity index (χ0n) is 21.6. The summed E-state index contributed by atoms with van der Waals surface area (Å²) in [6.45, 7) is 0. The normalized spacial score (nSPS) is 15.9. The van der Waals surface area contributed by atoms with Gasteiger partial charge < -0.3 is 24.8 Å². The number of amides is 1. The van der Waals surface area contributed by atoms with E-state index in [1.165, 1.54) is 7.11 Å². The van der Waals surface area contributed by atoms with Crippen molar-refractivity contribution in [2.75, 3.05) is 12.4 Å². The number of hydrogen-bond donors (Lipinski definition) is 3. The Morgan fingerprint density at radius 3 is 2.17 bits per heavy atom. The Labute approximate surface area is 232 Å². The molecule has 3 aromatic rings. The second-order valence-corrected chi connectivity index (χ2v) is 8.77. The maximum absolute atomic E-state index is 13.3. The number of oxime groups is 1. The highest BCUT2D eigenvalue weighted by atomic mass is 19.4. The molecule has 5 N–H and O–H groups in total. The fourth-order valence-electron chi connectivity index (χ4n) is 3.73. The predicted octanol–water partition coefficient (Wildman–Crippen LogP) is 1.18. The molecule has 0 spiro atoms. The van der Waals surface area contributed by atoms with E-state index in [1.54, 1.807) is 30.3 Å². The van der Waals surface area contributed by atoms with Gasteiger partial charge in [-0.25, -0.2) is 0 Å². The molecule has 0 bridgehead atoms. The standard InChI is InChI=1S/C26H24N4O4.C2HF3O2/c1-33-23(31)16-26(15-22(30-34-26)19-8-5-9-20(14-19)24(27)28)25(32)29-21-12-10-18(11-13-21)17-6-3-2-4-7-17;3-2(4,5)1(6)7/h2-14H,15-16H2,1H3,(H3,27,28)(H,29,32);(H,6,7). The minimum Gasteiger partial charge on any atom is -0.542 e. The Morgan fingerprint density at radius 1 is 1.02 bits per heavy atom. The molecule has 0 saturated carbocycles. The van der Waals surface area contributed by atoms with Gasteiger partial charge in [0, 0.05) is 17.7 Å². The third kappa shape index (κ3) is 7.91. The number of hydrogen-bond acceptors (Lipinski definition) is 7.